The Bertz CT molecular complexity index is 875. The summed E-state index contributed by atoms with van der Waals surface area (Å²) in [4.78, 5) is 30.7. The number of carboxylic acid groups (broad SMARTS) is 2. The number of benzene rings is 1. The summed E-state index contributed by atoms with van der Waals surface area (Å²) in [6, 6.07) is 7.62. The second-order valence-corrected chi connectivity index (χ2v) is 7.67. The minimum Gasteiger partial charge on any atom is -0.480 e. The van der Waals surface area contributed by atoms with E-state index in [-0.39, 0.29) is 19.1 Å². The van der Waals surface area contributed by atoms with Gasteiger partial charge in [-0.3, -0.25) is 14.5 Å². The molecule has 4 N–H and O–H groups in total. The van der Waals surface area contributed by atoms with E-state index in [0.717, 1.165) is 16.8 Å². The molecule has 10 heteroatoms. The molecule has 0 unspecified atom stereocenters. The summed E-state index contributed by atoms with van der Waals surface area (Å²) < 4.78 is 0. The third-order valence-electron chi connectivity index (χ3n) is 4.83. The minimum absolute atomic E-state index is 0.0118. The van der Waals surface area contributed by atoms with Crippen molar-refractivity contribution in [3.05, 3.63) is 35.2 Å². The van der Waals surface area contributed by atoms with Gasteiger partial charge in [-0.2, -0.15) is 5.10 Å². The van der Waals surface area contributed by atoms with Gasteiger partial charge in [-0.15, -0.1) is 11.3 Å². The number of anilines is 1. The molecule has 0 atom stereocenters. The highest BCUT2D eigenvalue weighted by Crippen LogP contribution is 2.31. The van der Waals surface area contributed by atoms with Gasteiger partial charge in [-0.1, -0.05) is 24.3 Å². The Balaban J connectivity index is 1.74. The molecular formula is C19H23N5O4S. The number of nitrogens with zero attached hydrogens (tertiary/aromatic N) is 4. The zero-order valence-electron chi connectivity index (χ0n) is 15.8. The topological polar surface area (TPSA) is 132 Å². The predicted molar refractivity (Wildman–Crippen MR) is 111 cm³/mol. The Morgan fingerprint density at radius 2 is 1.93 bits per heavy atom. The fraction of sp³-hybridized carbons (Fsp3) is 0.368. The molecule has 1 saturated heterocycles. The van der Waals surface area contributed by atoms with Crippen LogP contribution in [0.2, 0.25) is 0 Å². The molecule has 154 valence electrons. The molecule has 0 saturated carbocycles. The zero-order chi connectivity index (χ0) is 20.8. The van der Waals surface area contributed by atoms with Crippen LogP contribution in [0, 0.1) is 0 Å². The van der Waals surface area contributed by atoms with Gasteiger partial charge in [0, 0.05) is 30.1 Å². The van der Waals surface area contributed by atoms with E-state index in [2.05, 4.69) is 10.1 Å². The van der Waals surface area contributed by atoms with Gasteiger partial charge in [0.25, 0.3) is 0 Å². The molecule has 0 bridgehead atoms. The average Bonchev–Trinajstić information content (AvgIpc) is 3.17. The van der Waals surface area contributed by atoms with Crippen molar-refractivity contribution in [1.82, 2.24) is 9.88 Å². The van der Waals surface area contributed by atoms with Crippen LogP contribution in [0.25, 0.3) is 11.3 Å². The molecule has 9 nitrogen and oxygen atoms in total. The maximum Gasteiger partial charge on any atom is 0.323 e. The lowest BCUT2D eigenvalue weighted by Crippen LogP contribution is -2.47. The lowest BCUT2D eigenvalue weighted by molar-refractivity contribution is -0.138. The molecule has 3 rings (SSSR count). The van der Waals surface area contributed by atoms with E-state index in [4.69, 9.17) is 10.9 Å². The summed E-state index contributed by atoms with van der Waals surface area (Å²) in [5.74, 6) is 3.40. The summed E-state index contributed by atoms with van der Waals surface area (Å²) in [6.07, 6.45) is 2.95. The second-order valence-electron chi connectivity index (χ2n) is 6.84. The number of hydrazone groups is 1. The van der Waals surface area contributed by atoms with Crippen LogP contribution in [-0.4, -0.2) is 70.5 Å². The lowest BCUT2D eigenvalue weighted by Gasteiger charge is -2.37. The van der Waals surface area contributed by atoms with Gasteiger partial charge in [-0.25, -0.2) is 4.98 Å². The summed E-state index contributed by atoms with van der Waals surface area (Å²) >= 11 is 1.41. The molecule has 1 aliphatic heterocycles. The molecule has 0 spiro atoms. The molecule has 2 heterocycles. The van der Waals surface area contributed by atoms with Crippen LogP contribution in [0.4, 0.5) is 5.13 Å². The van der Waals surface area contributed by atoms with E-state index in [9.17, 15) is 14.7 Å². The summed E-state index contributed by atoms with van der Waals surface area (Å²) in [5, 5.41) is 24.4. The van der Waals surface area contributed by atoms with Gasteiger partial charge in [-0.05, 0) is 18.4 Å². The van der Waals surface area contributed by atoms with Crippen molar-refractivity contribution in [3.8, 4) is 11.3 Å². The Hall–Kier alpha value is -2.98. The first-order valence-corrected chi connectivity index (χ1v) is 10.1. The van der Waals surface area contributed by atoms with Gasteiger partial charge in [0.05, 0.1) is 18.5 Å². The standard InChI is InChI=1S/C19H23N5O4S/c20-21-9-13-1-3-14(4-2-13)16-12-29-19(22-16)24(11-18(27)28)15-5-7-23(8-6-15)10-17(25)26/h1-4,9,12,15H,5-8,10-11,20H2,(H,25,26)(H,27,28). The number of hydrogen-bond donors (Lipinski definition) is 3. The van der Waals surface area contributed by atoms with Crippen molar-refractivity contribution >= 4 is 34.6 Å². The fourth-order valence-electron chi connectivity index (χ4n) is 3.43. The summed E-state index contributed by atoms with van der Waals surface area (Å²) in [5.41, 5.74) is 2.58. The number of nitrogens with two attached hydrogens (primary N) is 1. The number of hydrogen-bond acceptors (Lipinski definition) is 8. The van der Waals surface area contributed by atoms with Crippen molar-refractivity contribution in [2.75, 3.05) is 31.1 Å². The quantitative estimate of drug-likeness (QED) is 0.335. The third kappa shape index (κ3) is 5.52. The molecule has 0 radical (unpaired) electrons. The van der Waals surface area contributed by atoms with E-state index in [1.807, 2.05) is 39.4 Å². The maximum absolute atomic E-state index is 11.4. The number of carboxylic acids is 2. The van der Waals surface area contributed by atoms with Gasteiger partial charge < -0.3 is 21.0 Å². The number of carbonyl (C=O) groups is 2. The molecule has 0 amide bonds. The number of thiazole rings is 1. The van der Waals surface area contributed by atoms with E-state index in [1.54, 1.807) is 6.21 Å². The Kier molecular flexibility index (Phi) is 6.78. The zero-order valence-corrected chi connectivity index (χ0v) is 16.6. The highest BCUT2D eigenvalue weighted by Gasteiger charge is 2.28. The van der Waals surface area contributed by atoms with Crippen LogP contribution in [0.1, 0.15) is 18.4 Å². The van der Waals surface area contributed by atoms with Crippen LogP contribution in [0.3, 0.4) is 0 Å². The van der Waals surface area contributed by atoms with Crippen molar-refractivity contribution in [3.63, 3.8) is 0 Å². The maximum atomic E-state index is 11.4. The monoisotopic (exact) mass is 417 g/mol. The van der Waals surface area contributed by atoms with Crippen LogP contribution < -0.4 is 10.7 Å². The normalized spacial score (nSPS) is 15.6. The van der Waals surface area contributed by atoms with Crippen LogP contribution in [-0.2, 0) is 9.59 Å². The molecule has 1 aromatic carbocycles. The Labute approximate surface area is 172 Å². The summed E-state index contributed by atoms with van der Waals surface area (Å²) in [7, 11) is 0. The number of rotatable bonds is 8. The van der Waals surface area contributed by atoms with Crippen molar-refractivity contribution < 1.29 is 19.8 Å². The van der Waals surface area contributed by atoms with E-state index in [1.165, 1.54) is 11.3 Å². The molecule has 2 aromatic rings. The van der Waals surface area contributed by atoms with Crippen molar-refractivity contribution in [1.29, 1.82) is 0 Å². The SMILES string of the molecule is NN=Cc1ccc(-c2csc(N(CC(=O)O)C3CCN(CC(=O)O)CC3)n2)cc1. The highest BCUT2D eigenvalue weighted by atomic mass is 32.1. The number of likely N-dealkylation sites (tertiary alicyclic amines) is 1. The Morgan fingerprint density at radius 1 is 1.24 bits per heavy atom. The number of aliphatic carboxylic acids is 2. The van der Waals surface area contributed by atoms with Gasteiger partial charge in [0.2, 0.25) is 0 Å². The van der Waals surface area contributed by atoms with E-state index >= 15 is 0 Å². The summed E-state index contributed by atoms with van der Waals surface area (Å²) in [6.45, 7) is 1.12. The van der Waals surface area contributed by atoms with Crippen LogP contribution in [0.5, 0.6) is 0 Å². The minimum atomic E-state index is -0.917. The second kappa shape index (κ2) is 9.48. The van der Waals surface area contributed by atoms with Crippen molar-refractivity contribution in [2.24, 2.45) is 10.9 Å². The van der Waals surface area contributed by atoms with Crippen LogP contribution >= 0.6 is 11.3 Å². The molecular weight excluding hydrogens is 394 g/mol. The first-order chi connectivity index (χ1) is 14.0. The van der Waals surface area contributed by atoms with Gasteiger partial charge >= 0.3 is 11.9 Å². The fourth-order valence-corrected chi connectivity index (χ4v) is 4.34. The first-order valence-electron chi connectivity index (χ1n) is 9.18. The molecule has 1 aromatic heterocycles. The first kappa shape index (κ1) is 20.7. The smallest absolute Gasteiger partial charge is 0.323 e. The largest absolute Gasteiger partial charge is 0.480 e. The van der Waals surface area contributed by atoms with Crippen LogP contribution in [0.15, 0.2) is 34.7 Å². The lowest BCUT2D eigenvalue weighted by atomic mass is 10.0. The average molecular weight is 417 g/mol. The molecule has 1 aliphatic rings. The van der Waals surface area contributed by atoms with Gasteiger partial charge in [0.15, 0.2) is 5.13 Å². The Morgan fingerprint density at radius 3 is 2.52 bits per heavy atom. The predicted octanol–water partition coefficient (Wildman–Crippen LogP) is 1.54. The molecule has 29 heavy (non-hydrogen) atoms. The number of aromatic nitrogens is 1. The molecule has 0 aliphatic carbocycles. The van der Waals surface area contributed by atoms with Gasteiger partial charge in [0.1, 0.15) is 6.54 Å². The molecule has 1 fully saturated rings. The number of piperidine rings is 1. The van der Waals surface area contributed by atoms with E-state index in [0.29, 0.717) is 31.1 Å². The third-order valence-corrected chi connectivity index (χ3v) is 5.71. The van der Waals surface area contributed by atoms with E-state index < -0.39 is 11.9 Å². The highest BCUT2D eigenvalue weighted by molar-refractivity contribution is 7.14. The van der Waals surface area contributed by atoms with Crippen molar-refractivity contribution in [2.45, 2.75) is 18.9 Å².